The molecule has 1 unspecified atom stereocenters. The van der Waals surface area contributed by atoms with Crippen LogP contribution in [-0.4, -0.2) is 30.3 Å². The zero-order chi connectivity index (χ0) is 21.3. The molecule has 0 saturated carbocycles. The van der Waals surface area contributed by atoms with Crippen molar-refractivity contribution in [2.75, 3.05) is 12.4 Å². The van der Waals surface area contributed by atoms with Gasteiger partial charge in [-0.3, -0.25) is 20.4 Å². The Morgan fingerprint density at radius 3 is 2.37 bits per heavy atom. The molecular weight excluding hydrogens is 400 g/mol. The first-order valence-electron chi connectivity index (χ1n) is 9.65. The molecule has 0 fully saturated rings. The first-order chi connectivity index (χ1) is 14.5. The number of nitrogens with one attached hydrogen (secondary N) is 2. The van der Waals surface area contributed by atoms with Crippen LogP contribution >= 0.6 is 11.8 Å². The van der Waals surface area contributed by atoms with Gasteiger partial charge in [0.15, 0.2) is 6.10 Å². The van der Waals surface area contributed by atoms with Gasteiger partial charge in [0.25, 0.3) is 5.91 Å². The normalized spacial score (nSPS) is 11.5. The molecule has 0 heterocycles. The molecule has 1 atom stereocenters. The lowest BCUT2D eigenvalue weighted by atomic mass is 10.1. The summed E-state index contributed by atoms with van der Waals surface area (Å²) in [4.78, 5) is 25.2. The highest BCUT2D eigenvalue weighted by Gasteiger charge is 2.15. The van der Waals surface area contributed by atoms with E-state index >= 15 is 0 Å². The second kappa shape index (κ2) is 10.5. The third kappa shape index (κ3) is 6.15. The number of fused-ring (bicyclic) bond motifs is 1. The van der Waals surface area contributed by atoms with Crippen LogP contribution in [0.2, 0.25) is 0 Å². The summed E-state index contributed by atoms with van der Waals surface area (Å²) < 4.78 is 11.1. The smallest absolute Gasteiger partial charge is 0.279 e. The van der Waals surface area contributed by atoms with Crippen molar-refractivity contribution < 1.29 is 19.1 Å². The number of amides is 2. The topological polar surface area (TPSA) is 76.7 Å². The number of hydrazine groups is 1. The number of thioether (sulfide) groups is 1. The van der Waals surface area contributed by atoms with Gasteiger partial charge in [0.05, 0.1) is 12.4 Å². The largest absolute Gasteiger partial charge is 0.494 e. The molecule has 3 aromatic rings. The van der Waals surface area contributed by atoms with E-state index in [2.05, 4.69) is 10.9 Å². The van der Waals surface area contributed by atoms with Crippen molar-refractivity contribution in [3.63, 3.8) is 0 Å². The van der Waals surface area contributed by atoms with Gasteiger partial charge in [0, 0.05) is 4.90 Å². The van der Waals surface area contributed by atoms with E-state index in [1.54, 1.807) is 6.92 Å². The monoisotopic (exact) mass is 424 g/mol. The quantitative estimate of drug-likeness (QED) is 0.423. The van der Waals surface area contributed by atoms with Gasteiger partial charge in [0.2, 0.25) is 5.91 Å². The molecule has 0 aliphatic rings. The molecule has 0 aliphatic carbocycles. The van der Waals surface area contributed by atoms with Crippen molar-refractivity contribution in [1.82, 2.24) is 10.9 Å². The number of hydrogen-bond acceptors (Lipinski definition) is 5. The minimum atomic E-state index is -0.759. The number of hydrogen-bond donors (Lipinski definition) is 2. The Morgan fingerprint density at radius 1 is 0.933 bits per heavy atom. The van der Waals surface area contributed by atoms with Crippen LogP contribution in [0.15, 0.2) is 71.6 Å². The van der Waals surface area contributed by atoms with Crippen molar-refractivity contribution in [2.24, 2.45) is 0 Å². The van der Waals surface area contributed by atoms with Crippen molar-refractivity contribution >= 4 is 34.3 Å². The molecule has 0 spiro atoms. The van der Waals surface area contributed by atoms with Crippen LogP contribution in [0.3, 0.4) is 0 Å². The highest BCUT2D eigenvalue weighted by Crippen LogP contribution is 2.22. The van der Waals surface area contributed by atoms with E-state index in [4.69, 9.17) is 9.47 Å². The zero-order valence-corrected chi connectivity index (χ0v) is 17.7. The summed E-state index contributed by atoms with van der Waals surface area (Å²) in [5.41, 5.74) is 4.82. The molecule has 30 heavy (non-hydrogen) atoms. The molecule has 3 aromatic carbocycles. The maximum atomic E-state index is 12.2. The summed E-state index contributed by atoms with van der Waals surface area (Å²) in [5, 5.41) is 2.13. The molecular formula is C23H24N2O4S. The van der Waals surface area contributed by atoms with Gasteiger partial charge >= 0.3 is 0 Å². The lowest BCUT2D eigenvalue weighted by Crippen LogP contribution is -2.47. The molecule has 156 valence electrons. The van der Waals surface area contributed by atoms with Crippen molar-refractivity contribution in [1.29, 1.82) is 0 Å². The first kappa shape index (κ1) is 21.5. The van der Waals surface area contributed by atoms with Crippen molar-refractivity contribution in [3.05, 3.63) is 66.7 Å². The highest BCUT2D eigenvalue weighted by atomic mass is 32.2. The third-order valence-corrected chi connectivity index (χ3v) is 5.24. The Hall–Kier alpha value is -3.19. The van der Waals surface area contributed by atoms with E-state index in [0.717, 1.165) is 21.4 Å². The second-order valence-corrected chi connectivity index (χ2v) is 7.55. The summed E-state index contributed by atoms with van der Waals surface area (Å²) in [5.74, 6) is 0.823. The predicted molar refractivity (Wildman–Crippen MR) is 119 cm³/mol. The fourth-order valence-electron chi connectivity index (χ4n) is 2.72. The Balaban J connectivity index is 1.42. The van der Waals surface area contributed by atoms with E-state index in [0.29, 0.717) is 12.4 Å². The van der Waals surface area contributed by atoms with Gasteiger partial charge < -0.3 is 9.47 Å². The van der Waals surface area contributed by atoms with Crippen LogP contribution in [0.25, 0.3) is 10.8 Å². The zero-order valence-electron chi connectivity index (χ0n) is 16.9. The molecule has 2 amide bonds. The summed E-state index contributed by atoms with van der Waals surface area (Å²) in [6.07, 6.45) is -0.759. The van der Waals surface area contributed by atoms with E-state index in [-0.39, 0.29) is 11.7 Å². The molecule has 0 aliphatic heterocycles. The maximum Gasteiger partial charge on any atom is 0.279 e. The van der Waals surface area contributed by atoms with Gasteiger partial charge in [-0.05, 0) is 61.0 Å². The molecule has 7 heteroatoms. The SMILES string of the molecule is CCOc1ccc(SCC(=O)NNC(=O)C(C)Oc2ccc3ccccc3c2)cc1. The number of ether oxygens (including phenoxy) is 2. The summed E-state index contributed by atoms with van der Waals surface area (Å²) in [7, 11) is 0. The fraction of sp³-hybridized carbons (Fsp3) is 0.217. The summed E-state index contributed by atoms with van der Waals surface area (Å²) in [6.45, 7) is 4.16. The van der Waals surface area contributed by atoms with Gasteiger partial charge in [0.1, 0.15) is 11.5 Å². The molecule has 2 N–H and O–H groups in total. The van der Waals surface area contributed by atoms with Gasteiger partial charge in [-0.1, -0.05) is 30.3 Å². The minimum absolute atomic E-state index is 0.175. The second-order valence-electron chi connectivity index (χ2n) is 6.50. The van der Waals surface area contributed by atoms with Gasteiger partial charge in [-0.15, -0.1) is 11.8 Å². The van der Waals surface area contributed by atoms with Crippen LogP contribution in [0.1, 0.15) is 13.8 Å². The average molecular weight is 425 g/mol. The predicted octanol–water partition coefficient (Wildman–Crippen LogP) is 3.95. The highest BCUT2D eigenvalue weighted by molar-refractivity contribution is 8.00. The molecule has 6 nitrogen and oxygen atoms in total. The third-order valence-electron chi connectivity index (χ3n) is 4.23. The summed E-state index contributed by atoms with van der Waals surface area (Å²) in [6, 6.07) is 21.0. The Bertz CT molecular complexity index is 1010. The Morgan fingerprint density at radius 2 is 1.63 bits per heavy atom. The van der Waals surface area contributed by atoms with E-state index in [1.807, 2.05) is 73.7 Å². The molecule has 3 rings (SSSR count). The van der Waals surface area contributed by atoms with Crippen LogP contribution < -0.4 is 20.3 Å². The first-order valence-corrected chi connectivity index (χ1v) is 10.6. The van der Waals surface area contributed by atoms with E-state index < -0.39 is 12.0 Å². The number of carbonyl (C=O) groups excluding carboxylic acids is 2. The van der Waals surface area contributed by atoms with Crippen LogP contribution in [0.5, 0.6) is 11.5 Å². The van der Waals surface area contributed by atoms with Crippen molar-refractivity contribution in [2.45, 2.75) is 24.8 Å². The maximum absolute atomic E-state index is 12.2. The Labute approximate surface area is 179 Å². The van der Waals surface area contributed by atoms with Gasteiger partial charge in [-0.2, -0.15) is 0 Å². The van der Waals surface area contributed by atoms with E-state index in [1.165, 1.54) is 11.8 Å². The lowest BCUT2D eigenvalue weighted by molar-refractivity contribution is -0.131. The molecule has 0 radical (unpaired) electrons. The summed E-state index contributed by atoms with van der Waals surface area (Å²) >= 11 is 1.37. The minimum Gasteiger partial charge on any atom is -0.494 e. The molecule has 0 bridgehead atoms. The van der Waals surface area contributed by atoms with Crippen LogP contribution in [0, 0.1) is 0 Å². The number of carbonyl (C=O) groups is 2. The average Bonchev–Trinajstić information content (AvgIpc) is 2.77. The number of benzene rings is 3. The number of rotatable bonds is 8. The lowest BCUT2D eigenvalue weighted by Gasteiger charge is -2.15. The molecule has 0 aromatic heterocycles. The van der Waals surface area contributed by atoms with Crippen LogP contribution in [-0.2, 0) is 9.59 Å². The van der Waals surface area contributed by atoms with Crippen LogP contribution in [0.4, 0.5) is 0 Å². The Kier molecular flexibility index (Phi) is 7.57. The fourth-order valence-corrected chi connectivity index (χ4v) is 3.41. The van der Waals surface area contributed by atoms with Crippen molar-refractivity contribution in [3.8, 4) is 11.5 Å². The standard InChI is InChI=1S/C23H24N2O4S/c1-3-28-19-10-12-21(13-11-19)30-15-22(26)24-25-23(27)16(2)29-20-9-8-17-6-4-5-7-18(17)14-20/h4-14,16H,3,15H2,1-2H3,(H,24,26)(H,25,27). The van der Waals surface area contributed by atoms with E-state index in [9.17, 15) is 9.59 Å². The van der Waals surface area contributed by atoms with Gasteiger partial charge in [-0.25, -0.2) is 0 Å². The molecule has 0 saturated heterocycles.